The highest BCUT2D eigenvalue weighted by Gasteiger charge is 2.47. The molecule has 0 radical (unpaired) electrons. The second kappa shape index (κ2) is 3.81. The molecule has 2 atom stereocenters. The van der Waals surface area contributed by atoms with Crippen molar-refractivity contribution in [1.29, 1.82) is 0 Å². The number of rotatable bonds is 0. The summed E-state index contributed by atoms with van der Waals surface area (Å²) in [5.41, 5.74) is 3.68. The molecule has 0 heteroatoms. The van der Waals surface area contributed by atoms with Crippen LogP contribution in [0.1, 0.15) is 52.9 Å². The first-order valence-corrected chi connectivity index (χ1v) is 6.34. The van der Waals surface area contributed by atoms with E-state index in [1.165, 1.54) is 37.7 Å². The first-order valence-electron chi connectivity index (χ1n) is 6.34. The van der Waals surface area contributed by atoms with Crippen LogP contribution in [0.25, 0.3) is 0 Å². The minimum atomic E-state index is 0.568. The molecule has 2 rings (SSSR count). The van der Waals surface area contributed by atoms with E-state index in [0.29, 0.717) is 5.41 Å². The largest absolute Gasteiger partial charge is 0.0996 e. The van der Waals surface area contributed by atoms with Crippen LogP contribution in [-0.4, -0.2) is 0 Å². The van der Waals surface area contributed by atoms with Crippen molar-refractivity contribution in [3.63, 3.8) is 0 Å². The van der Waals surface area contributed by atoms with Crippen LogP contribution in [-0.2, 0) is 0 Å². The maximum absolute atomic E-state index is 4.30. The summed E-state index contributed by atoms with van der Waals surface area (Å²) in [6, 6.07) is 0. The average Bonchev–Trinajstić information content (AvgIpc) is 2.18. The zero-order valence-electron chi connectivity index (χ0n) is 10.5. The van der Waals surface area contributed by atoms with E-state index in [2.05, 4.69) is 33.4 Å². The van der Waals surface area contributed by atoms with Gasteiger partial charge in [-0.15, -0.1) is 0 Å². The molecule has 0 N–H and O–H groups in total. The van der Waals surface area contributed by atoms with Crippen LogP contribution in [0, 0.1) is 17.3 Å². The fourth-order valence-electron chi connectivity index (χ4n) is 3.44. The summed E-state index contributed by atoms with van der Waals surface area (Å²) in [6.07, 6.45) is 8.90. The quantitative estimate of drug-likeness (QED) is 0.501. The summed E-state index contributed by atoms with van der Waals surface area (Å²) in [7, 11) is 0. The first-order chi connectivity index (χ1) is 7.00. The molecule has 15 heavy (non-hydrogen) atoms. The first kappa shape index (κ1) is 11.0. The van der Waals surface area contributed by atoms with Gasteiger partial charge in [-0.1, -0.05) is 37.6 Å². The van der Waals surface area contributed by atoms with Crippen molar-refractivity contribution < 1.29 is 0 Å². The van der Waals surface area contributed by atoms with Gasteiger partial charge in [0.2, 0.25) is 0 Å². The predicted octanol–water partition coefficient (Wildman–Crippen LogP) is 4.73. The van der Waals surface area contributed by atoms with E-state index < -0.39 is 0 Å². The molecule has 84 valence electrons. The van der Waals surface area contributed by atoms with Crippen molar-refractivity contribution >= 4 is 0 Å². The van der Waals surface area contributed by atoms with Crippen molar-refractivity contribution in [1.82, 2.24) is 0 Å². The number of fused-ring (bicyclic) bond motifs is 1. The minimum Gasteiger partial charge on any atom is -0.0996 e. The molecule has 0 aromatic heterocycles. The molecule has 0 amide bonds. The Morgan fingerprint density at radius 3 is 2.73 bits per heavy atom. The van der Waals surface area contributed by atoms with Gasteiger partial charge < -0.3 is 0 Å². The van der Waals surface area contributed by atoms with E-state index in [9.17, 15) is 0 Å². The molecule has 0 aliphatic heterocycles. The van der Waals surface area contributed by atoms with Gasteiger partial charge in [0.1, 0.15) is 0 Å². The molecule has 0 nitrogen and oxygen atoms in total. The molecule has 0 unspecified atom stereocenters. The Morgan fingerprint density at radius 2 is 2.07 bits per heavy atom. The number of allylic oxidation sites excluding steroid dienone is 3. The van der Waals surface area contributed by atoms with Crippen LogP contribution >= 0.6 is 0 Å². The highest BCUT2D eigenvalue weighted by molar-refractivity contribution is 5.16. The molecule has 2 aliphatic carbocycles. The second-order valence-corrected chi connectivity index (χ2v) is 6.19. The van der Waals surface area contributed by atoms with Gasteiger partial charge in [0.25, 0.3) is 0 Å². The van der Waals surface area contributed by atoms with E-state index in [0.717, 1.165) is 11.8 Å². The molecular formula is C15H24. The Bertz CT molecular complexity index is 293. The van der Waals surface area contributed by atoms with Gasteiger partial charge in [0, 0.05) is 0 Å². The number of hydrogen-bond acceptors (Lipinski definition) is 0. The standard InChI is InChI=1S/C15H24/c1-11-6-5-7-12(2)13-10-15(3,4)14(13)9-8-11/h6,13-14H,2,5,7-10H2,1,3-4H3/t13-,14+/m0/s1. The molecule has 0 heterocycles. The van der Waals surface area contributed by atoms with Gasteiger partial charge in [-0.25, -0.2) is 0 Å². The van der Waals surface area contributed by atoms with Gasteiger partial charge in [0.05, 0.1) is 0 Å². The fourth-order valence-corrected chi connectivity index (χ4v) is 3.44. The molecular weight excluding hydrogens is 180 g/mol. The highest BCUT2D eigenvalue weighted by atomic mass is 14.5. The van der Waals surface area contributed by atoms with E-state index in [1.54, 1.807) is 5.57 Å². The smallest absolute Gasteiger partial charge is 0.0167 e. The second-order valence-electron chi connectivity index (χ2n) is 6.19. The van der Waals surface area contributed by atoms with Crippen molar-refractivity contribution in [3.8, 4) is 0 Å². The van der Waals surface area contributed by atoms with Crippen LogP contribution in [0.3, 0.4) is 0 Å². The Labute approximate surface area is 94.5 Å². The number of hydrogen-bond donors (Lipinski definition) is 0. The van der Waals surface area contributed by atoms with E-state index in [1.807, 2.05) is 0 Å². The fraction of sp³-hybridized carbons (Fsp3) is 0.733. The highest BCUT2D eigenvalue weighted by Crippen LogP contribution is 2.56. The molecule has 1 saturated carbocycles. The molecule has 0 saturated heterocycles. The van der Waals surface area contributed by atoms with E-state index in [4.69, 9.17) is 0 Å². The zero-order valence-corrected chi connectivity index (χ0v) is 10.5. The lowest BCUT2D eigenvalue weighted by Gasteiger charge is -2.53. The monoisotopic (exact) mass is 204 g/mol. The van der Waals surface area contributed by atoms with E-state index in [-0.39, 0.29) is 0 Å². The summed E-state index contributed by atoms with van der Waals surface area (Å²) >= 11 is 0. The summed E-state index contributed by atoms with van der Waals surface area (Å²) in [6.45, 7) is 11.4. The molecule has 0 aromatic rings. The Morgan fingerprint density at radius 1 is 1.33 bits per heavy atom. The van der Waals surface area contributed by atoms with Crippen LogP contribution in [0.2, 0.25) is 0 Å². The molecule has 0 spiro atoms. The lowest BCUT2D eigenvalue weighted by atomic mass is 9.52. The lowest BCUT2D eigenvalue weighted by Crippen LogP contribution is -2.44. The summed E-state index contributed by atoms with van der Waals surface area (Å²) < 4.78 is 0. The van der Waals surface area contributed by atoms with Gasteiger partial charge in [0.15, 0.2) is 0 Å². The van der Waals surface area contributed by atoms with Gasteiger partial charge in [-0.2, -0.15) is 0 Å². The molecule has 2 aliphatic rings. The molecule has 1 fully saturated rings. The normalized spacial score (nSPS) is 35.4. The van der Waals surface area contributed by atoms with Crippen molar-refractivity contribution in [2.75, 3.05) is 0 Å². The summed E-state index contributed by atoms with van der Waals surface area (Å²) in [5, 5.41) is 0. The zero-order chi connectivity index (χ0) is 11.1. The van der Waals surface area contributed by atoms with Gasteiger partial charge in [-0.3, -0.25) is 0 Å². The van der Waals surface area contributed by atoms with Crippen LogP contribution in [0.4, 0.5) is 0 Å². The Hall–Kier alpha value is -0.520. The summed E-state index contributed by atoms with van der Waals surface area (Å²) in [4.78, 5) is 0. The van der Waals surface area contributed by atoms with Crippen molar-refractivity contribution in [3.05, 3.63) is 23.8 Å². The van der Waals surface area contributed by atoms with Crippen LogP contribution < -0.4 is 0 Å². The third-order valence-corrected chi connectivity index (χ3v) is 4.57. The van der Waals surface area contributed by atoms with Gasteiger partial charge >= 0.3 is 0 Å². The predicted molar refractivity (Wildman–Crippen MR) is 66.7 cm³/mol. The average molecular weight is 204 g/mol. The Balaban J connectivity index is 2.12. The third-order valence-electron chi connectivity index (χ3n) is 4.57. The van der Waals surface area contributed by atoms with E-state index >= 15 is 0 Å². The molecule has 0 aromatic carbocycles. The topological polar surface area (TPSA) is 0 Å². The summed E-state index contributed by atoms with van der Waals surface area (Å²) in [5.74, 6) is 1.73. The molecule has 0 bridgehead atoms. The third kappa shape index (κ3) is 2.04. The van der Waals surface area contributed by atoms with Gasteiger partial charge in [-0.05, 0) is 56.3 Å². The van der Waals surface area contributed by atoms with Crippen LogP contribution in [0.15, 0.2) is 23.8 Å². The van der Waals surface area contributed by atoms with Crippen molar-refractivity contribution in [2.45, 2.75) is 52.9 Å². The maximum atomic E-state index is 4.30. The Kier molecular flexibility index (Phi) is 2.79. The minimum absolute atomic E-state index is 0.568. The van der Waals surface area contributed by atoms with Crippen LogP contribution in [0.5, 0.6) is 0 Å². The lowest BCUT2D eigenvalue weighted by molar-refractivity contribution is 0.00384. The SMILES string of the molecule is C=C1CCC=C(C)CC[C@@H]2[C@H]1CC2(C)C. The van der Waals surface area contributed by atoms with Crippen molar-refractivity contribution in [2.24, 2.45) is 17.3 Å². The maximum Gasteiger partial charge on any atom is -0.0167 e.